The zero-order valence-electron chi connectivity index (χ0n) is 12.1. The molecule has 0 heterocycles. The fourth-order valence-corrected chi connectivity index (χ4v) is 1.95. The van der Waals surface area contributed by atoms with Crippen molar-refractivity contribution in [2.75, 3.05) is 13.2 Å². The molecule has 0 radical (unpaired) electrons. The normalized spacial score (nSPS) is 19.7. The Morgan fingerprint density at radius 2 is 2.05 bits per heavy atom. The van der Waals surface area contributed by atoms with Gasteiger partial charge in [-0.2, -0.15) is 0 Å². The maximum Gasteiger partial charge on any atom is 0.341 e. The minimum absolute atomic E-state index is 0.157. The van der Waals surface area contributed by atoms with Crippen LogP contribution in [0.1, 0.15) is 30.6 Å². The fraction of sp³-hybridized carbons (Fsp3) is 0.467. The summed E-state index contributed by atoms with van der Waals surface area (Å²) in [5, 5.41) is 11.6. The van der Waals surface area contributed by atoms with Crippen LogP contribution in [0.2, 0.25) is 0 Å². The number of benzene rings is 1. The Balaban J connectivity index is 2.10. The molecule has 21 heavy (non-hydrogen) atoms. The van der Waals surface area contributed by atoms with Crippen LogP contribution < -0.4 is 14.8 Å². The van der Waals surface area contributed by atoms with Gasteiger partial charge in [-0.3, -0.25) is 4.79 Å². The Bertz CT molecular complexity index is 543. The van der Waals surface area contributed by atoms with E-state index in [4.69, 9.17) is 14.6 Å². The fourth-order valence-electron chi connectivity index (χ4n) is 1.95. The summed E-state index contributed by atoms with van der Waals surface area (Å²) in [6.45, 7) is 3.83. The second kappa shape index (κ2) is 6.47. The lowest BCUT2D eigenvalue weighted by Crippen LogP contribution is -2.26. The Labute approximate surface area is 123 Å². The number of nitrogens with one attached hydrogen (secondary N) is 1. The van der Waals surface area contributed by atoms with Gasteiger partial charge < -0.3 is 19.9 Å². The second-order valence-corrected chi connectivity index (χ2v) is 5.07. The lowest BCUT2D eigenvalue weighted by atomic mass is 10.2. The second-order valence-electron chi connectivity index (χ2n) is 5.07. The molecule has 114 valence electrons. The van der Waals surface area contributed by atoms with Crippen molar-refractivity contribution in [3.05, 3.63) is 23.8 Å². The monoisotopic (exact) mass is 293 g/mol. The van der Waals surface area contributed by atoms with E-state index in [0.717, 1.165) is 6.42 Å². The molecule has 6 heteroatoms. The van der Waals surface area contributed by atoms with E-state index in [1.807, 2.05) is 0 Å². The summed E-state index contributed by atoms with van der Waals surface area (Å²) >= 11 is 0. The third-order valence-corrected chi connectivity index (χ3v) is 3.28. The highest BCUT2D eigenvalue weighted by molar-refractivity contribution is 5.95. The minimum Gasteiger partial charge on any atom is -0.490 e. The number of ether oxygens (including phenoxy) is 2. The van der Waals surface area contributed by atoms with Crippen LogP contribution in [0.5, 0.6) is 11.5 Å². The number of carbonyl (C=O) groups excluding carboxylic acids is 1. The van der Waals surface area contributed by atoms with E-state index in [2.05, 4.69) is 12.2 Å². The molecule has 1 aliphatic rings. The van der Waals surface area contributed by atoms with Gasteiger partial charge in [-0.05, 0) is 37.5 Å². The minimum atomic E-state index is -1.07. The van der Waals surface area contributed by atoms with Crippen molar-refractivity contribution < 1.29 is 24.2 Å². The van der Waals surface area contributed by atoms with Gasteiger partial charge >= 0.3 is 5.97 Å². The molecule has 0 spiro atoms. The maximum atomic E-state index is 12.1. The molecule has 1 saturated carbocycles. The molecule has 2 atom stereocenters. The molecule has 1 aromatic carbocycles. The molecule has 1 aliphatic carbocycles. The quantitative estimate of drug-likeness (QED) is 0.799. The lowest BCUT2D eigenvalue weighted by molar-refractivity contribution is -0.139. The van der Waals surface area contributed by atoms with E-state index < -0.39 is 12.6 Å². The van der Waals surface area contributed by atoms with Crippen LogP contribution in [-0.4, -0.2) is 36.2 Å². The highest BCUT2D eigenvalue weighted by Gasteiger charge is 2.34. The molecule has 1 aromatic rings. The topological polar surface area (TPSA) is 84.9 Å². The summed E-state index contributed by atoms with van der Waals surface area (Å²) in [5.74, 6) is -0.0126. The van der Waals surface area contributed by atoms with Crippen molar-refractivity contribution in [2.24, 2.45) is 5.92 Å². The Hall–Kier alpha value is -2.24. The largest absolute Gasteiger partial charge is 0.490 e. The molecule has 0 aromatic heterocycles. The van der Waals surface area contributed by atoms with Crippen LogP contribution in [-0.2, 0) is 4.79 Å². The van der Waals surface area contributed by atoms with Gasteiger partial charge in [-0.1, -0.05) is 6.92 Å². The highest BCUT2D eigenvalue weighted by Crippen LogP contribution is 2.31. The standard InChI is InChI=1S/C15H19NO5/c1-3-20-13-7-10(15(19)16-11-6-9(11)2)4-5-12(13)21-8-14(17)18/h4-5,7,9,11H,3,6,8H2,1-2H3,(H,16,19)(H,17,18). The Morgan fingerprint density at radius 1 is 1.33 bits per heavy atom. The van der Waals surface area contributed by atoms with Gasteiger partial charge in [0.2, 0.25) is 0 Å². The van der Waals surface area contributed by atoms with Crippen LogP contribution >= 0.6 is 0 Å². The summed E-state index contributed by atoms with van der Waals surface area (Å²) in [5.41, 5.74) is 0.472. The summed E-state index contributed by atoms with van der Waals surface area (Å²) in [7, 11) is 0. The van der Waals surface area contributed by atoms with Crippen molar-refractivity contribution in [1.82, 2.24) is 5.32 Å². The van der Waals surface area contributed by atoms with Crippen LogP contribution in [0.4, 0.5) is 0 Å². The Morgan fingerprint density at radius 3 is 2.62 bits per heavy atom. The van der Waals surface area contributed by atoms with E-state index in [-0.39, 0.29) is 11.9 Å². The Kier molecular flexibility index (Phi) is 4.67. The molecular formula is C15H19NO5. The highest BCUT2D eigenvalue weighted by atomic mass is 16.5. The van der Waals surface area contributed by atoms with Crippen LogP contribution in [0.3, 0.4) is 0 Å². The molecular weight excluding hydrogens is 274 g/mol. The molecule has 2 unspecified atom stereocenters. The number of amides is 1. The van der Waals surface area contributed by atoms with Gasteiger partial charge in [0.25, 0.3) is 5.91 Å². The number of carboxylic acids is 1. The van der Waals surface area contributed by atoms with Gasteiger partial charge in [-0.15, -0.1) is 0 Å². The summed E-state index contributed by atoms with van der Waals surface area (Å²) in [6.07, 6.45) is 1.00. The van der Waals surface area contributed by atoms with E-state index in [1.54, 1.807) is 25.1 Å². The number of hydrogen-bond donors (Lipinski definition) is 2. The van der Waals surface area contributed by atoms with Crippen molar-refractivity contribution in [3.8, 4) is 11.5 Å². The summed E-state index contributed by atoms with van der Waals surface area (Å²) < 4.78 is 10.5. The first kappa shape index (κ1) is 15.2. The molecule has 0 aliphatic heterocycles. The predicted molar refractivity (Wildman–Crippen MR) is 75.8 cm³/mol. The molecule has 1 amide bonds. The van der Waals surface area contributed by atoms with Gasteiger partial charge in [-0.25, -0.2) is 4.79 Å². The van der Waals surface area contributed by atoms with Crippen LogP contribution in [0.25, 0.3) is 0 Å². The zero-order valence-corrected chi connectivity index (χ0v) is 12.1. The molecule has 0 bridgehead atoms. The van der Waals surface area contributed by atoms with Crippen molar-refractivity contribution in [3.63, 3.8) is 0 Å². The first-order chi connectivity index (χ1) is 10.0. The number of aliphatic carboxylic acids is 1. The van der Waals surface area contributed by atoms with Crippen LogP contribution in [0.15, 0.2) is 18.2 Å². The average Bonchev–Trinajstić information content (AvgIpc) is 3.12. The lowest BCUT2D eigenvalue weighted by Gasteiger charge is -2.12. The SMILES string of the molecule is CCOc1cc(C(=O)NC2CC2C)ccc1OCC(=O)O. The van der Waals surface area contributed by atoms with Gasteiger partial charge in [0.1, 0.15) is 0 Å². The number of carbonyl (C=O) groups is 2. The third-order valence-electron chi connectivity index (χ3n) is 3.28. The van der Waals surface area contributed by atoms with E-state index in [1.165, 1.54) is 0 Å². The van der Waals surface area contributed by atoms with Crippen molar-refractivity contribution in [1.29, 1.82) is 0 Å². The number of rotatable bonds is 7. The van der Waals surface area contributed by atoms with Gasteiger partial charge in [0.15, 0.2) is 18.1 Å². The average molecular weight is 293 g/mol. The first-order valence-corrected chi connectivity index (χ1v) is 6.93. The van der Waals surface area contributed by atoms with Crippen LogP contribution in [0, 0.1) is 5.92 Å². The molecule has 6 nitrogen and oxygen atoms in total. The van der Waals surface area contributed by atoms with E-state index in [0.29, 0.717) is 29.6 Å². The van der Waals surface area contributed by atoms with E-state index in [9.17, 15) is 9.59 Å². The van der Waals surface area contributed by atoms with Gasteiger partial charge in [0.05, 0.1) is 6.61 Å². The smallest absolute Gasteiger partial charge is 0.341 e. The van der Waals surface area contributed by atoms with Crippen molar-refractivity contribution in [2.45, 2.75) is 26.3 Å². The first-order valence-electron chi connectivity index (χ1n) is 6.93. The maximum absolute atomic E-state index is 12.1. The van der Waals surface area contributed by atoms with E-state index >= 15 is 0 Å². The number of carboxylic acid groups (broad SMARTS) is 1. The third kappa shape index (κ3) is 4.11. The molecule has 2 N–H and O–H groups in total. The number of hydrogen-bond acceptors (Lipinski definition) is 4. The molecule has 1 fully saturated rings. The molecule has 0 saturated heterocycles. The summed E-state index contributed by atoms with van der Waals surface area (Å²) in [6, 6.07) is 4.97. The van der Waals surface area contributed by atoms with Crippen molar-refractivity contribution >= 4 is 11.9 Å². The zero-order chi connectivity index (χ0) is 15.4. The summed E-state index contributed by atoms with van der Waals surface area (Å²) in [4.78, 5) is 22.6. The van der Waals surface area contributed by atoms with Gasteiger partial charge in [0, 0.05) is 11.6 Å². The predicted octanol–water partition coefficient (Wildman–Crippen LogP) is 1.69. The molecule has 2 rings (SSSR count).